The molecule has 0 spiro atoms. The van der Waals surface area contributed by atoms with Gasteiger partial charge in [-0.15, -0.1) is 0 Å². The lowest BCUT2D eigenvalue weighted by Gasteiger charge is -2.20. The van der Waals surface area contributed by atoms with Crippen molar-refractivity contribution in [1.82, 2.24) is 0 Å². The molecule has 0 bridgehead atoms. The fourth-order valence-electron chi connectivity index (χ4n) is 1.89. The van der Waals surface area contributed by atoms with Gasteiger partial charge < -0.3 is 10.4 Å². The highest BCUT2D eigenvalue weighted by atomic mass is 32.2. The summed E-state index contributed by atoms with van der Waals surface area (Å²) < 4.78 is 0. The van der Waals surface area contributed by atoms with Crippen LogP contribution in [0.25, 0.3) is 0 Å². The number of fused-ring (bicyclic) bond motifs is 2. The molecule has 0 radical (unpaired) electrons. The van der Waals surface area contributed by atoms with Gasteiger partial charge in [0.15, 0.2) is 5.69 Å². The van der Waals surface area contributed by atoms with Gasteiger partial charge in [-0.3, -0.25) is 0 Å². The van der Waals surface area contributed by atoms with E-state index >= 15 is 0 Å². The Morgan fingerprint density at radius 2 is 1.68 bits per heavy atom. The lowest BCUT2D eigenvalue weighted by Crippen LogP contribution is -2.73. The van der Waals surface area contributed by atoms with E-state index in [0.29, 0.717) is 0 Å². The number of nitrogens with one attached hydrogen (secondary N) is 1. The van der Waals surface area contributed by atoms with E-state index in [9.17, 15) is 0 Å². The summed E-state index contributed by atoms with van der Waals surface area (Å²) in [5.74, 6) is 0. The molecule has 19 heavy (non-hydrogen) atoms. The quantitative estimate of drug-likeness (QED) is 0.363. The summed E-state index contributed by atoms with van der Waals surface area (Å²) in [6, 6.07) is 12.3. The molecule has 0 amide bonds. The number of quaternary nitrogens is 1. The Morgan fingerprint density at radius 3 is 2.37 bits per heavy atom. The average Bonchev–Trinajstić information content (AvgIpc) is 2.46. The largest absolute Gasteiger partial charge is 0.448 e. The van der Waals surface area contributed by atoms with E-state index in [1.54, 1.807) is 11.8 Å². The molecule has 0 aliphatic carbocycles. The molecule has 3 rings (SSSR count). The van der Waals surface area contributed by atoms with Crippen molar-refractivity contribution in [3.05, 3.63) is 42.0 Å². The predicted molar refractivity (Wildman–Crippen MR) is 77.9 cm³/mol. The van der Waals surface area contributed by atoms with Crippen LogP contribution < -0.4 is 10.8 Å². The number of nitrogens with two attached hydrogens (primary N) is 1. The maximum absolute atomic E-state index is 9.02. The second kappa shape index (κ2) is 6.08. The van der Waals surface area contributed by atoms with E-state index < -0.39 is 0 Å². The van der Waals surface area contributed by atoms with E-state index in [4.69, 9.17) is 10.3 Å². The SMILES string of the molecule is C[OH2+].Cc1ccc2c(c1)Sc1cc([NH2+]O)ccc1N2. The Balaban J connectivity index is 0.000000637. The van der Waals surface area contributed by atoms with Gasteiger partial charge in [0, 0.05) is 21.9 Å². The Morgan fingerprint density at radius 1 is 1.05 bits per heavy atom. The molecular weight excluding hydrogens is 260 g/mol. The minimum Gasteiger partial charge on any atom is -0.448 e. The number of anilines is 2. The minimum atomic E-state index is 0.828. The van der Waals surface area contributed by atoms with Crippen molar-refractivity contribution >= 4 is 28.8 Å². The monoisotopic (exact) mass is 278 g/mol. The van der Waals surface area contributed by atoms with Crippen molar-refractivity contribution in [2.75, 3.05) is 12.4 Å². The highest BCUT2D eigenvalue weighted by Crippen LogP contribution is 2.44. The third kappa shape index (κ3) is 2.90. The summed E-state index contributed by atoms with van der Waals surface area (Å²) >= 11 is 1.73. The number of rotatable bonds is 1. The normalized spacial score (nSPS) is 11.6. The van der Waals surface area contributed by atoms with Crippen molar-refractivity contribution in [3.63, 3.8) is 0 Å². The topological polar surface area (TPSA) is 71.8 Å². The Bertz CT molecular complexity index is 588. The molecule has 6 N–H and O–H groups in total. The first kappa shape index (κ1) is 13.9. The summed E-state index contributed by atoms with van der Waals surface area (Å²) in [5.41, 5.74) is 5.46. The first-order chi connectivity index (χ1) is 9.26. The van der Waals surface area contributed by atoms with Crippen LogP contribution in [0.15, 0.2) is 46.2 Å². The molecule has 0 unspecified atom stereocenters. The summed E-state index contributed by atoms with van der Waals surface area (Å²) in [7, 11) is 1.25. The highest BCUT2D eigenvalue weighted by Gasteiger charge is 2.16. The van der Waals surface area contributed by atoms with Gasteiger partial charge in [-0.2, -0.15) is 5.48 Å². The molecule has 0 aromatic heterocycles. The Hall–Kier alpha value is -1.53. The molecule has 0 saturated heterocycles. The average molecular weight is 278 g/mol. The summed E-state index contributed by atoms with van der Waals surface area (Å²) in [6.45, 7) is 2.09. The van der Waals surface area contributed by atoms with E-state index in [2.05, 4.69) is 30.4 Å². The zero-order chi connectivity index (χ0) is 13.8. The standard InChI is InChI=1S/C13H12N2OS.CH4O/c1-8-2-4-10-12(6-8)17-13-7-9(15-16)3-5-11(13)14-10;1-2/h2-7,14-16H,1H3;2H,1H3/p+2. The van der Waals surface area contributed by atoms with Gasteiger partial charge in [0.2, 0.25) is 0 Å². The van der Waals surface area contributed by atoms with Crippen molar-refractivity contribution < 1.29 is 15.8 Å². The van der Waals surface area contributed by atoms with Crippen molar-refractivity contribution in [2.24, 2.45) is 0 Å². The molecule has 2 aromatic rings. The van der Waals surface area contributed by atoms with Crippen LogP contribution in [0.1, 0.15) is 5.56 Å². The Labute approximate surface area is 116 Å². The molecule has 0 fully saturated rings. The van der Waals surface area contributed by atoms with Crippen molar-refractivity contribution in [1.29, 1.82) is 0 Å². The highest BCUT2D eigenvalue weighted by molar-refractivity contribution is 7.99. The van der Waals surface area contributed by atoms with Gasteiger partial charge in [0.1, 0.15) is 7.11 Å². The zero-order valence-electron chi connectivity index (χ0n) is 10.9. The number of benzene rings is 2. The van der Waals surface area contributed by atoms with Gasteiger partial charge in [-0.25, -0.2) is 5.21 Å². The maximum Gasteiger partial charge on any atom is 0.163 e. The lowest BCUT2D eigenvalue weighted by molar-refractivity contribution is -0.825. The summed E-state index contributed by atoms with van der Waals surface area (Å²) in [6.07, 6.45) is 0. The van der Waals surface area contributed by atoms with Gasteiger partial charge in [-0.05, 0) is 30.7 Å². The van der Waals surface area contributed by atoms with Gasteiger partial charge in [0.25, 0.3) is 0 Å². The van der Waals surface area contributed by atoms with Gasteiger partial charge >= 0.3 is 0 Å². The minimum absolute atomic E-state index is 0.828. The van der Waals surface area contributed by atoms with E-state index in [0.717, 1.165) is 27.4 Å². The molecule has 100 valence electrons. The van der Waals surface area contributed by atoms with Crippen LogP contribution >= 0.6 is 11.8 Å². The predicted octanol–water partition coefficient (Wildman–Crippen LogP) is 2.13. The first-order valence-electron chi connectivity index (χ1n) is 5.93. The zero-order valence-corrected chi connectivity index (χ0v) is 11.7. The second-order valence-corrected chi connectivity index (χ2v) is 5.20. The smallest absolute Gasteiger partial charge is 0.163 e. The van der Waals surface area contributed by atoms with Crippen LogP contribution in [0.4, 0.5) is 17.1 Å². The molecule has 1 aliphatic rings. The van der Waals surface area contributed by atoms with Crippen LogP contribution in [0.3, 0.4) is 0 Å². The maximum atomic E-state index is 9.02. The third-order valence-electron chi connectivity index (χ3n) is 2.78. The molecule has 5 heteroatoms. The van der Waals surface area contributed by atoms with E-state index in [1.165, 1.54) is 17.6 Å². The summed E-state index contributed by atoms with van der Waals surface area (Å²) in [4.78, 5) is 2.37. The van der Waals surface area contributed by atoms with E-state index in [-0.39, 0.29) is 0 Å². The molecule has 1 heterocycles. The molecule has 2 aromatic carbocycles. The van der Waals surface area contributed by atoms with Gasteiger partial charge in [-0.1, -0.05) is 17.8 Å². The number of hydrogen-bond donors (Lipinski definition) is 3. The molecule has 0 atom stereocenters. The number of hydrogen-bond acceptors (Lipinski definition) is 3. The molecule has 0 saturated carbocycles. The first-order valence-corrected chi connectivity index (χ1v) is 6.75. The summed E-state index contributed by atoms with van der Waals surface area (Å²) in [5, 5.41) is 18.2. The van der Waals surface area contributed by atoms with Gasteiger partial charge in [0.05, 0.1) is 11.4 Å². The molecular formula is C14H18N2O2S+2. The van der Waals surface area contributed by atoms with Crippen LogP contribution in [0.5, 0.6) is 0 Å². The fourth-order valence-corrected chi connectivity index (χ4v) is 3.02. The molecule has 4 nitrogen and oxygen atoms in total. The van der Waals surface area contributed by atoms with Crippen molar-refractivity contribution in [3.8, 4) is 0 Å². The molecule has 1 aliphatic heterocycles. The van der Waals surface area contributed by atoms with Crippen molar-refractivity contribution in [2.45, 2.75) is 16.7 Å². The van der Waals surface area contributed by atoms with Crippen LogP contribution in [-0.4, -0.2) is 17.4 Å². The Kier molecular flexibility index (Phi) is 4.44. The second-order valence-electron chi connectivity index (χ2n) is 4.11. The third-order valence-corrected chi connectivity index (χ3v) is 3.90. The van der Waals surface area contributed by atoms with Crippen LogP contribution in [0.2, 0.25) is 0 Å². The van der Waals surface area contributed by atoms with Crippen LogP contribution in [-0.2, 0) is 0 Å². The fraction of sp³-hybridized carbons (Fsp3) is 0.143. The van der Waals surface area contributed by atoms with E-state index in [1.807, 2.05) is 18.2 Å². The lowest BCUT2D eigenvalue weighted by atomic mass is 10.2. The number of aryl methyl sites for hydroxylation is 1. The van der Waals surface area contributed by atoms with Crippen LogP contribution in [0, 0.1) is 6.92 Å².